The third-order valence-corrected chi connectivity index (χ3v) is 5.31. The summed E-state index contributed by atoms with van der Waals surface area (Å²) < 4.78 is 10.7. The average molecular weight is 383 g/mol. The van der Waals surface area contributed by atoms with Gasteiger partial charge < -0.3 is 19.7 Å². The first kappa shape index (κ1) is 20.0. The fourth-order valence-corrected chi connectivity index (χ4v) is 3.52. The van der Waals surface area contributed by atoms with Crippen LogP contribution in [0.1, 0.15) is 12.5 Å². The first-order valence-corrected chi connectivity index (χ1v) is 9.65. The van der Waals surface area contributed by atoms with E-state index >= 15 is 0 Å². The second-order valence-corrected chi connectivity index (χ2v) is 6.93. The summed E-state index contributed by atoms with van der Waals surface area (Å²) in [6.07, 6.45) is 0. The van der Waals surface area contributed by atoms with Crippen LogP contribution in [-0.4, -0.2) is 57.2 Å². The Morgan fingerprint density at radius 2 is 1.79 bits per heavy atom. The van der Waals surface area contributed by atoms with Crippen molar-refractivity contribution >= 4 is 11.6 Å². The van der Waals surface area contributed by atoms with Crippen molar-refractivity contribution in [2.45, 2.75) is 19.5 Å². The summed E-state index contributed by atoms with van der Waals surface area (Å²) in [7, 11) is 3.33. The number of hydrogen-bond donors (Lipinski definition) is 1. The van der Waals surface area contributed by atoms with Gasteiger partial charge in [-0.25, -0.2) is 0 Å². The van der Waals surface area contributed by atoms with Crippen molar-refractivity contribution in [2.75, 3.05) is 45.3 Å². The highest BCUT2D eigenvalue weighted by molar-refractivity contribution is 5.81. The molecule has 0 bridgehead atoms. The van der Waals surface area contributed by atoms with Crippen molar-refractivity contribution < 1.29 is 14.3 Å². The molecule has 3 rings (SSSR count). The van der Waals surface area contributed by atoms with Crippen LogP contribution in [0.2, 0.25) is 0 Å². The number of carbonyl (C=O) groups excluding carboxylic acids is 1. The number of nitrogens with zero attached hydrogens (tertiary/aromatic N) is 2. The van der Waals surface area contributed by atoms with Crippen molar-refractivity contribution in [3.8, 4) is 11.5 Å². The summed E-state index contributed by atoms with van der Waals surface area (Å²) in [4.78, 5) is 17.2. The van der Waals surface area contributed by atoms with E-state index in [-0.39, 0.29) is 11.9 Å². The lowest BCUT2D eigenvalue weighted by Gasteiger charge is -2.38. The predicted octanol–water partition coefficient (Wildman–Crippen LogP) is 2.53. The molecule has 28 heavy (non-hydrogen) atoms. The van der Waals surface area contributed by atoms with E-state index in [4.69, 9.17) is 9.47 Å². The zero-order chi connectivity index (χ0) is 19.9. The Kier molecular flexibility index (Phi) is 6.76. The van der Waals surface area contributed by atoms with Crippen LogP contribution in [0.25, 0.3) is 0 Å². The summed E-state index contributed by atoms with van der Waals surface area (Å²) in [6.45, 7) is 5.91. The Balaban J connectivity index is 1.51. The highest BCUT2D eigenvalue weighted by Gasteiger charge is 2.25. The quantitative estimate of drug-likeness (QED) is 0.796. The molecule has 1 unspecified atom stereocenters. The van der Waals surface area contributed by atoms with Gasteiger partial charge in [-0.15, -0.1) is 0 Å². The minimum atomic E-state index is -0.165. The van der Waals surface area contributed by atoms with Gasteiger partial charge in [0, 0.05) is 50.0 Å². The lowest BCUT2D eigenvalue weighted by atomic mass is 10.1. The SMILES string of the molecule is COc1cccc(N2CCN(C(C)C(=O)NCc3ccccc3OC)CC2)c1. The van der Waals surface area contributed by atoms with Gasteiger partial charge in [0.05, 0.1) is 20.3 Å². The van der Waals surface area contributed by atoms with Crippen LogP contribution in [0.15, 0.2) is 48.5 Å². The molecule has 1 amide bonds. The van der Waals surface area contributed by atoms with Crippen molar-refractivity contribution in [3.05, 3.63) is 54.1 Å². The molecule has 1 saturated heterocycles. The zero-order valence-electron chi connectivity index (χ0n) is 16.9. The molecule has 0 radical (unpaired) electrons. The number of nitrogens with one attached hydrogen (secondary N) is 1. The Bertz CT molecular complexity index is 788. The normalized spacial score (nSPS) is 15.8. The number of methoxy groups -OCH3 is 2. The number of anilines is 1. The molecule has 150 valence electrons. The molecule has 0 saturated carbocycles. The fourth-order valence-electron chi connectivity index (χ4n) is 3.52. The number of rotatable bonds is 7. The molecule has 1 N–H and O–H groups in total. The number of hydrogen-bond acceptors (Lipinski definition) is 5. The molecule has 2 aromatic rings. The first-order chi connectivity index (χ1) is 13.6. The van der Waals surface area contributed by atoms with Gasteiger partial charge in [0.2, 0.25) is 5.91 Å². The van der Waals surface area contributed by atoms with Crippen molar-refractivity contribution in [2.24, 2.45) is 0 Å². The van der Waals surface area contributed by atoms with Gasteiger partial charge in [-0.3, -0.25) is 9.69 Å². The molecule has 1 heterocycles. The highest BCUT2D eigenvalue weighted by Crippen LogP contribution is 2.22. The van der Waals surface area contributed by atoms with E-state index in [1.807, 2.05) is 43.3 Å². The van der Waals surface area contributed by atoms with Gasteiger partial charge in [0.25, 0.3) is 0 Å². The topological polar surface area (TPSA) is 54.0 Å². The summed E-state index contributed by atoms with van der Waals surface area (Å²) in [5.41, 5.74) is 2.14. The van der Waals surface area contributed by atoms with Crippen LogP contribution in [0.4, 0.5) is 5.69 Å². The van der Waals surface area contributed by atoms with Crippen LogP contribution < -0.4 is 19.7 Å². The van der Waals surface area contributed by atoms with E-state index in [2.05, 4.69) is 27.2 Å². The van der Waals surface area contributed by atoms with E-state index in [1.54, 1.807) is 14.2 Å². The summed E-state index contributed by atoms with van der Waals surface area (Å²) in [5.74, 6) is 1.70. The summed E-state index contributed by atoms with van der Waals surface area (Å²) in [6, 6.07) is 15.7. The Morgan fingerprint density at radius 1 is 1.04 bits per heavy atom. The van der Waals surface area contributed by atoms with E-state index in [9.17, 15) is 4.79 Å². The molecule has 0 aromatic heterocycles. The first-order valence-electron chi connectivity index (χ1n) is 9.65. The Morgan fingerprint density at radius 3 is 2.50 bits per heavy atom. The van der Waals surface area contributed by atoms with E-state index < -0.39 is 0 Å². The summed E-state index contributed by atoms with van der Waals surface area (Å²) >= 11 is 0. The molecule has 6 heteroatoms. The third kappa shape index (κ3) is 4.75. The zero-order valence-corrected chi connectivity index (χ0v) is 16.9. The van der Waals surface area contributed by atoms with Crippen LogP contribution in [0.5, 0.6) is 11.5 Å². The number of amides is 1. The van der Waals surface area contributed by atoms with Crippen LogP contribution in [0, 0.1) is 0 Å². The van der Waals surface area contributed by atoms with Gasteiger partial charge >= 0.3 is 0 Å². The molecular formula is C22H29N3O3. The highest BCUT2D eigenvalue weighted by atomic mass is 16.5. The van der Waals surface area contributed by atoms with Crippen molar-refractivity contribution in [1.29, 1.82) is 0 Å². The predicted molar refractivity (Wildman–Crippen MR) is 111 cm³/mol. The molecule has 1 aliphatic heterocycles. The minimum Gasteiger partial charge on any atom is -0.497 e. The molecule has 6 nitrogen and oxygen atoms in total. The number of carbonyl (C=O) groups is 1. The maximum Gasteiger partial charge on any atom is 0.237 e. The molecular weight excluding hydrogens is 354 g/mol. The lowest BCUT2D eigenvalue weighted by Crippen LogP contribution is -2.53. The van der Waals surface area contributed by atoms with Crippen LogP contribution in [-0.2, 0) is 11.3 Å². The molecule has 1 aliphatic rings. The minimum absolute atomic E-state index is 0.0423. The molecule has 2 aromatic carbocycles. The third-order valence-electron chi connectivity index (χ3n) is 5.31. The van der Waals surface area contributed by atoms with Gasteiger partial charge in [-0.1, -0.05) is 24.3 Å². The lowest BCUT2D eigenvalue weighted by molar-refractivity contribution is -0.126. The second-order valence-electron chi connectivity index (χ2n) is 6.93. The Labute approximate surface area is 167 Å². The van der Waals surface area contributed by atoms with E-state index in [1.165, 1.54) is 0 Å². The Hall–Kier alpha value is -2.73. The number of piperazine rings is 1. The molecule has 1 fully saturated rings. The number of para-hydroxylation sites is 1. The number of ether oxygens (including phenoxy) is 2. The fraction of sp³-hybridized carbons (Fsp3) is 0.409. The maximum atomic E-state index is 12.6. The summed E-state index contributed by atoms with van der Waals surface area (Å²) in [5, 5.41) is 3.04. The van der Waals surface area contributed by atoms with Gasteiger partial charge in [-0.2, -0.15) is 0 Å². The van der Waals surface area contributed by atoms with Crippen LogP contribution >= 0.6 is 0 Å². The van der Waals surface area contributed by atoms with Crippen LogP contribution in [0.3, 0.4) is 0 Å². The molecule has 1 atom stereocenters. The van der Waals surface area contributed by atoms with Gasteiger partial charge in [0.1, 0.15) is 11.5 Å². The van der Waals surface area contributed by atoms with Crippen molar-refractivity contribution in [3.63, 3.8) is 0 Å². The average Bonchev–Trinajstić information content (AvgIpc) is 2.77. The molecule has 0 aliphatic carbocycles. The standard InChI is InChI=1S/C22H29N3O3/c1-17(22(26)23-16-18-7-4-5-10-21(18)28-3)24-11-13-25(14-12-24)19-8-6-9-20(15-19)27-2/h4-10,15,17H,11-14,16H2,1-3H3,(H,23,26). The molecule has 0 spiro atoms. The number of benzene rings is 2. The largest absolute Gasteiger partial charge is 0.497 e. The maximum absolute atomic E-state index is 12.6. The van der Waals surface area contributed by atoms with Crippen molar-refractivity contribution in [1.82, 2.24) is 10.2 Å². The second kappa shape index (κ2) is 9.46. The van der Waals surface area contributed by atoms with Gasteiger partial charge in [-0.05, 0) is 25.1 Å². The smallest absolute Gasteiger partial charge is 0.237 e. The monoisotopic (exact) mass is 383 g/mol. The van der Waals surface area contributed by atoms with E-state index in [0.29, 0.717) is 6.54 Å². The van der Waals surface area contributed by atoms with Gasteiger partial charge in [0.15, 0.2) is 0 Å². The van der Waals surface area contributed by atoms with E-state index in [0.717, 1.165) is 48.9 Å².